The number of nitrogens with one attached hydrogen (secondary N) is 4. The topological polar surface area (TPSA) is 83.0 Å². The van der Waals surface area contributed by atoms with Crippen LogP contribution >= 0.6 is 12.2 Å². The van der Waals surface area contributed by atoms with E-state index in [4.69, 9.17) is 12.2 Å². The van der Waals surface area contributed by atoms with Gasteiger partial charge in [0.2, 0.25) is 5.91 Å². The summed E-state index contributed by atoms with van der Waals surface area (Å²) in [6.45, 7) is 5.67. The molecule has 0 atom stereocenters. The summed E-state index contributed by atoms with van der Waals surface area (Å²) >= 11 is 5.36. The van der Waals surface area contributed by atoms with Crippen LogP contribution in [0.5, 0.6) is 0 Å². The van der Waals surface area contributed by atoms with Crippen LogP contribution in [0.1, 0.15) is 30.5 Å². The highest BCUT2D eigenvalue weighted by atomic mass is 32.1. The molecule has 0 radical (unpaired) electrons. The average molecular weight is 427 g/mol. The number of nitrogens with zero attached hydrogens (tertiary/aromatic N) is 2. The van der Waals surface area contributed by atoms with Gasteiger partial charge in [-0.15, -0.1) is 0 Å². The Labute approximate surface area is 183 Å². The maximum absolute atomic E-state index is 12.1. The maximum Gasteiger partial charge on any atom is 0.244 e. The lowest BCUT2D eigenvalue weighted by Gasteiger charge is -2.22. The second-order valence-corrected chi connectivity index (χ2v) is 7.86. The molecule has 0 spiro atoms. The highest BCUT2D eigenvalue weighted by molar-refractivity contribution is 7.80. The molecule has 0 bridgehead atoms. The van der Waals surface area contributed by atoms with Crippen LogP contribution in [0.2, 0.25) is 0 Å². The molecule has 1 aliphatic rings. The molecule has 1 aromatic carbocycles. The van der Waals surface area contributed by atoms with Crippen LogP contribution in [-0.2, 0) is 11.3 Å². The lowest BCUT2D eigenvalue weighted by Crippen LogP contribution is -2.42. The van der Waals surface area contributed by atoms with Crippen molar-refractivity contribution in [3.63, 3.8) is 0 Å². The Morgan fingerprint density at radius 1 is 1.30 bits per heavy atom. The van der Waals surface area contributed by atoms with Crippen molar-refractivity contribution in [3.05, 3.63) is 54.1 Å². The van der Waals surface area contributed by atoms with Gasteiger partial charge in [0.1, 0.15) is 0 Å². The summed E-state index contributed by atoms with van der Waals surface area (Å²) in [5.74, 6) is -0.0413. The number of aryl methyl sites for hydroxylation is 2. The smallest absolute Gasteiger partial charge is 0.244 e. The van der Waals surface area contributed by atoms with Gasteiger partial charge in [0.05, 0.1) is 6.33 Å². The molecule has 30 heavy (non-hydrogen) atoms. The monoisotopic (exact) mass is 426 g/mol. The van der Waals surface area contributed by atoms with E-state index in [9.17, 15) is 4.79 Å². The summed E-state index contributed by atoms with van der Waals surface area (Å²) < 4.78 is 2.12. The first kappa shape index (κ1) is 22.0. The van der Waals surface area contributed by atoms with Crippen LogP contribution in [0.15, 0.2) is 42.9 Å². The number of aromatic nitrogens is 2. The number of imidazole rings is 1. The first-order chi connectivity index (χ1) is 14.6. The van der Waals surface area contributed by atoms with Gasteiger partial charge < -0.3 is 25.8 Å². The number of thiocarbonyl (C=S) groups is 1. The number of carbonyl (C=O) groups is 1. The maximum atomic E-state index is 12.1. The molecular weight excluding hydrogens is 396 g/mol. The number of anilines is 1. The fraction of sp³-hybridized carbons (Fsp3) is 0.409. The average Bonchev–Trinajstić information content (AvgIpc) is 3.16. The van der Waals surface area contributed by atoms with Crippen LogP contribution in [0.3, 0.4) is 0 Å². The lowest BCUT2D eigenvalue weighted by atomic mass is 10.1. The molecule has 0 aliphatic carbocycles. The van der Waals surface area contributed by atoms with Crippen molar-refractivity contribution < 1.29 is 4.79 Å². The zero-order chi connectivity index (χ0) is 21.2. The van der Waals surface area contributed by atoms with E-state index < -0.39 is 0 Å². The van der Waals surface area contributed by atoms with Crippen LogP contribution in [0.4, 0.5) is 5.69 Å². The van der Waals surface area contributed by atoms with Crippen molar-refractivity contribution in [1.82, 2.24) is 25.5 Å². The molecule has 7 nitrogen and oxygen atoms in total. The van der Waals surface area contributed by atoms with E-state index in [0.29, 0.717) is 5.11 Å². The number of benzene rings is 1. The largest absolute Gasteiger partial charge is 0.362 e. The predicted octanol–water partition coefficient (Wildman–Crippen LogP) is 2.45. The number of rotatable bonds is 8. The summed E-state index contributed by atoms with van der Waals surface area (Å²) in [7, 11) is 0. The van der Waals surface area contributed by atoms with Crippen LogP contribution in [0.25, 0.3) is 6.08 Å². The van der Waals surface area contributed by atoms with Crippen molar-refractivity contribution >= 4 is 35.0 Å². The van der Waals surface area contributed by atoms with Gasteiger partial charge in [-0.2, -0.15) is 0 Å². The third-order valence-electron chi connectivity index (χ3n) is 5.06. The molecule has 160 valence electrons. The Morgan fingerprint density at radius 3 is 2.77 bits per heavy atom. The molecule has 4 N–H and O–H groups in total. The molecule has 1 amide bonds. The standard InChI is InChI=1S/C22H30N6OS/c1-17-15-24-16-28(17)14-2-11-25-22(30)27-19-6-3-18(4-7-19)5-8-21(29)26-20-9-12-23-13-10-20/h3-8,15-16,20,23H,2,9-14H2,1H3,(H,26,29)(H2,25,27,30)/b8-5+. The zero-order valence-electron chi connectivity index (χ0n) is 17.4. The fourth-order valence-corrected chi connectivity index (χ4v) is 3.53. The van der Waals surface area contributed by atoms with Crippen molar-refractivity contribution in [2.45, 2.75) is 38.8 Å². The second-order valence-electron chi connectivity index (χ2n) is 7.45. The highest BCUT2D eigenvalue weighted by Gasteiger charge is 2.13. The predicted molar refractivity (Wildman–Crippen MR) is 125 cm³/mol. The lowest BCUT2D eigenvalue weighted by molar-refractivity contribution is -0.117. The van der Waals surface area contributed by atoms with E-state index in [1.54, 1.807) is 6.08 Å². The third kappa shape index (κ3) is 7.27. The van der Waals surface area contributed by atoms with Crippen LogP contribution in [-0.4, -0.2) is 46.2 Å². The van der Waals surface area contributed by atoms with E-state index in [1.807, 2.05) is 49.8 Å². The van der Waals surface area contributed by atoms with Gasteiger partial charge in [0.15, 0.2) is 5.11 Å². The Kier molecular flexibility index (Phi) is 8.41. The molecule has 1 saturated heterocycles. The van der Waals surface area contributed by atoms with Crippen LogP contribution < -0.4 is 21.3 Å². The van der Waals surface area contributed by atoms with Crippen LogP contribution in [0, 0.1) is 6.92 Å². The van der Waals surface area contributed by atoms with E-state index in [2.05, 4.69) is 30.8 Å². The molecule has 0 saturated carbocycles. The van der Waals surface area contributed by atoms with Gasteiger partial charge in [0, 0.05) is 42.8 Å². The molecule has 8 heteroatoms. The second kappa shape index (κ2) is 11.5. The van der Waals surface area contributed by atoms with Gasteiger partial charge in [-0.3, -0.25) is 4.79 Å². The first-order valence-corrected chi connectivity index (χ1v) is 10.8. The molecule has 2 aromatic rings. The molecule has 1 aromatic heterocycles. The van der Waals surface area contributed by atoms with Gasteiger partial charge >= 0.3 is 0 Å². The highest BCUT2D eigenvalue weighted by Crippen LogP contribution is 2.11. The minimum absolute atomic E-state index is 0.0413. The zero-order valence-corrected chi connectivity index (χ0v) is 18.2. The summed E-state index contributed by atoms with van der Waals surface area (Å²) in [6.07, 6.45) is 10.1. The van der Waals surface area contributed by atoms with Gasteiger partial charge in [0.25, 0.3) is 0 Å². The number of hydrogen-bond donors (Lipinski definition) is 4. The van der Waals surface area contributed by atoms with Gasteiger partial charge in [-0.25, -0.2) is 4.98 Å². The van der Waals surface area contributed by atoms with Gasteiger partial charge in [-0.05, 0) is 75.3 Å². The fourth-order valence-electron chi connectivity index (χ4n) is 3.31. The Hall–Kier alpha value is -2.71. The molecule has 0 unspecified atom stereocenters. The van der Waals surface area contributed by atoms with E-state index >= 15 is 0 Å². The SMILES string of the molecule is Cc1cncn1CCCNC(=S)Nc1ccc(/C=C/C(=O)NC2CCNCC2)cc1. The molecule has 3 rings (SSSR count). The summed E-state index contributed by atoms with van der Waals surface area (Å²) in [5, 5.41) is 13.4. The van der Waals surface area contributed by atoms with Crippen molar-refractivity contribution in [1.29, 1.82) is 0 Å². The summed E-state index contributed by atoms with van der Waals surface area (Å²) in [4.78, 5) is 16.2. The number of carbonyl (C=O) groups excluding carboxylic acids is 1. The molecule has 2 heterocycles. The first-order valence-electron chi connectivity index (χ1n) is 10.4. The number of amides is 1. The number of piperidine rings is 1. The van der Waals surface area contributed by atoms with E-state index in [1.165, 1.54) is 0 Å². The van der Waals surface area contributed by atoms with Gasteiger partial charge in [-0.1, -0.05) is 12.1 Å². The minimum atomic E-state index is -0.0413. The molecule has 1 fully saturated rings. The van der Waals surface area contributed by atoms with Crippen molar-refractivity contribution in [2.24, 2.45) is 0 Å². The number of hydrogen-bond acceptors (Lipinski definition) is 4. The molecular formula is C22H30N6OS. The normalized spacial score (nSPS) is 14.6. The van der Waals surface area contributed by atoms with Crippen molar-refractivity contribution in [2.75, 3.05) is 25.0 Å². The summed E-state index contributed by atoms with van der Waals surface area (Å²) in [6, 6.07) is 8.09. The van der Waals surface area contributed by atoms with E-state index in [0.717, 1.165) is 62.4 Å². The Bertz CT molecular complexity index is 855. The molecule has 1 aliphatic heterocycles. The van der Waals surface area contributed by atoms with Crippen molar-refractivity contribution in [3.8, 4) is 0 Å². The quantitative estimate of drug-likeness (QED) is 0.295. The minimum Gasteiger partial charge on any atom is -0.362 e. The Morgan fingerprint density at radius 2 is 2.07 bits per heavy atom. The summed E-state index contributed by atoms with van der Waals surface area (Å²) in [5.41, 5.74) is 3.04. The van der Waals surface area contributed by atoms with E-state index in [-0.39, 0.29) is 11.9 Å². The third-order valence-corrected chi connectivity index (χ3v) is 5.31. The Balaban J connectivity index is 1.36.